The van der Waals surface area contributed by atoms with Crippen molar-refractivity contribution < 1.29 is 19.6 Å². The summed E-state index contributed by atoms with van der Waals surface area (Å²) >= 11 is 0. The van der Waals surface area contributed by atoms with Crippen LogP contribution in [0, 0.1) is 0 Å². The molecule has 0 saturated heterocycles. The number of hydrogen-bond donors (Lipinski definition) is 2. The highest BCUT2D eigenvalue weighted by Crippen LogP contribution is 2.05. The van der Waals surface area contributed by atoms with E-state index >= 15 is 0 Å². The van der Waals surface area contributed by atoms with E-state index in [1.807, 2.05) is 0 Å². The molecule has 1 rings (SSSR count). The summed E-state index contributed by atoms with van der Waals surface area (Å²) in [5.41, 5.74) is 0.662. The predicted molar refractivity (Wildman–Crippen MR) is 56.3 cm³/mol. The lowest BCUT2D eigenvalue weighted by Crippen LogP contribution is -2.34. The molecule has 2 N–H and O–H groups in total. The maximum absolute atomic E-state index is 11.2. The summed E-state index contributed by atoms with van der Waals surface area (Å²) in [6.45, 7) is 2.69. The van der Waals surface area contributed by atoms with Crippen molar-refractivity contribution in [1.29, 1.82) is 0 Å². The molecule has 0 atom stereocenters. The van der Waals surface area contributed by atoms with Crippen LogP contribution in [-0.2, 0) is 0 Å². The van der Waals surface area contributed by atoms with Gasteiger partial charge in [-0.3, -0.25) is 9.59 Å². The maximum Gasteiger partial charge on any atom is 0.489 e. The molecule has 0 fully saturated rings. The van der Waals surface area contributed by atoms with E-state index in [9.17, 15) is 9.59 Å². The Morgan fingerprint density at radius 3 is 2.13 bits per heavy atom. The van der Waals surface area contributed by atoms with E-state index < -0.39 is 7.12 Å². The summed E-state index contributed by atoms with van der Waals surface area (Å²) in [6, 6.07) is 4.21. The monoisotopic (exact) mass is 206 g/mol. The van der Waals surface area contributed by atoms with Gasteiger partial charge in [-0.05, 0) is 25.4 Å². The average molecular weight is 206 g/mol. The van der Waals surface area contributed by atoms with Crippen molar-refractivity contribution in [3.8, 4) is 0 Å². The SMILES string of the molecule is CC(=O)c1ccc(B(O)O)c(C(C)=O)c1. The fourth-order valence-corrected chi connectivity index (χ4v) is 1.31. The number of benzene rings is 1. The standard InChI is InChI=1S/C10H11BO4/c1-6(12)8-3-4-10(11(14)15)9(5-8)7(2)13/h3-5,14-15H,1-2H3. The second kappa shape index (κ2) is 4.38. The van der Waals surface area contributed by atoms with Gasteiger partial charge in [-0.2, -0.15) is 0 Å². The van der Waals surface area contributed by atoms with Gasteiger partial charge < -0.3 is 10.0 Å². The number of rotatable bonds is 3. The van der Waals surface area contributed by atoms with E-state index in [4.69, 9.17) is 10.0 Å². The van der Waals surface area contributed by atoms with E-state index in [0.717, 1.165) is 0 Å². The zero-order valence-electron chi connectivity index (χ0n) is 8.52. The molecule has 0 aliphatic rings. The Morgan fingerprint density at radius 2 is 1.73 bits per heavy atom. The summed E-state index contributed by atoms with van der Waals surface area (Å²) in [5.74, 6) is -0.474. The van der Waals surface area contributed by atoms with Crippen LogP contribution in [0.4, 0.5) is 0 Å². The highest BCUT2D eigenvalue weighted by atomic mass is 16.4. The fourth-order valence-electron chi connectivity index (χ4n) is 1.31. The minimum atomic E-state index is -1.70. The highest BCUT2D eigenvalue weighted by molar-refractivity contribution is 6.60. The Labute approximate surface area is 87.7 Å². The molecule has 0 radical (unpaired) electrons. The third kappa shape index (κ3) is 2.52. The number of Topliss-reactive ketones (excluding diaryl/α,β-unsaturated/α-hetero) is 2. The van der Waals surface area contributed by atoms with Crippen molar-refractivity contribution in [3.05, 3.63) is 29.3 Å². The first kappa shape index (κ1) is 11.6. The number of hydrogen-bond acceptors (Lipinski definition) is 4. The minimum absolute atomic E-state index is 0.118. The summed E-state index contributed by atoms with van der Waals surface area (Å²) < 4.78 is 0. The number of ketones is 2. The maximum atomic E-state index is 11.2. The predicted octanol–water partition coefficient (Wildman–Crippen LogP) is -0.228. The quantitative estimate of drug-likeness (QED) is 0.529. The summed E-state index contributed by atoms with van der Waals surface area (Å²) in [6.07, 6.45) is 0. The first-order valence-corrected chi connectivity index (χ1v) is 4.45. The van der Waals surface area contributed by atoms with Gasteiger partial charge in [0, 0.05) is 11.1 Å². The van der Waals surface area contributed by atoms with Crippen molar-refractivity contribution in [2.45, 2.75) is 13.8 Å². The van der Waals surface area contributed by atoms with E-state index in [0.29, 0.717) is 5.56 Å². The van der Waals surface area contributed by atoms with Crippen LogP contribution < -0.4 is 5.46 Å². The van der Waals surface area contributed by atoms with Crippen LogP contribution in [0.2, 0.25) is 0 Å². The third-order valence-electron chi connectivity index (χ3n) is 2.12. The second-order valence-corrected chi connectivity index (χ2v) is 3.29. The molecule has 0 spiro atoms. The van der Waals surface area contributed by atoms with Crippen LogP contribution in [0.1, 0.15) is 34.6 Å². The Hall–Kier alpha value is -1.46. The van der Waals surface area contributed by atoms with Crippen molar-refractivity contribution in [1.82, 2.24) is 0 Å². The normalized spacial score (nSPS) is 9.87. The molecule has 0 unspecified atom stereocenters. The molecule has 0 aliphatic heterocycles. The van der Waals surface area contributed by atoms with Crippen LogP contribution >= 0.6 is 0 Å². The number of carbonyl (C=O) groups is 2. The van der Waals surface area contributed by atoms with Crippen LogP contribution in [0.3, 0.4) is 0 Å². The van der Waals surface area contributed by atoms with Gasteiger partial charge in [-0.15, -0.1) is 0 Å². The Kier molecular flexibility index (Phi) is 3.39. The summed E-state index contributed by atoms with van der Waals surface area (Å²) in [4.78, 5) is 22.3. The molecule has 78 valence electrons. The summed E-state index contributed by atoms with van der Waals surface area (Å²) in [7, 11) is -1.70. The molecule has 0 aliphatic carbocycles. The smallest absolute Gasteiger partial charge is 0.423 e. The van der Waals surface area contributed by atoms with E-state index in [1.165, 1.54) is 32.0 Å². The van der Waals surface area contributed by atoms with Crippen molar-refractivity contribution in [3.63, 3.8) is 0 Å². The fraction of sp³-hybridized carbons (Fsp3) is 0.200. The molecule has 0 bridgehead atoms. The Bertz CT molecular complexity index is 412. The highest BCUT2D eigenvalue weighted by Gasteiger charge is 2.19. The van der Waals surface area contributed by atoms with Gasteiger partial charge in [0.05, 0.1) is 0 Å². The molecule has 5 heteroatoms. The number of carbonyl (C=O) groups excluding carboxylic acids is 2. The molecule has 0 amide bonds. The van der Waals surface area contributed by atoms with Gasteiger partial charge in [0.2, 0.25) is 0 Å². The van der Waals surface area contributed by atoms with Crippen molar-refractivity contribution in [2.24, 2.45) is 0 Å². The van der Waals surface area contributed by atoms with E-state index in [-0.39, 0.29) is 22.6 Å². The lowest BCUT2D eigenvalue weighted by Gasteiger charge is -2.07. The van der Waals surface area contributed by atoms with Gasteiger partial charge in [0.25, 0.3) is 0 Å². The lowest BCUT2D eigenvalue weighted by molar-refractivity contribution is 0.101. The Balaban J connectivity index is 3.33. The topological polar surface area (TPSA) is 74.6 Å². The molecular weight excluding hydrogens is 195 g/mol. The molecule has 0 aromatic heterocycles. The second-order valence-electron chi connectivity index (χ2n) is 3.29. The van der Waals surface area contributed by atoms with Crippen LogP contribution in [-0.4, -0.2) is 28.7 Å². The molecule has 0 heterocycles. The molecule has 1 aromatic rings. The molecule has 4 nitrogen and oxygen atoms in total. The Morgan fingerprint density at radius 1 is 1.13 bits per heavy atom. The van der Waals surface area contributed by atoms with E-state index in [1.54, 1.807) is 0 Å². The average Bonchev–Trinajstić information content (AvgIpc) is 2.16. The zero-order valence-corrected chi connectivity index (χ0v) is 8.52. The largest absolute Gasteiger partial charge is 0.489 e. The summed E-state index contributed by atoms with van der Waals surface area (Å²) in [5, 5.41) is 18.0. The third-order valence-corrected chi connectivity index (χ3v) is 2.12. The zero-order chi connectivity index (χ0) is 11.6. The lowest BCUT2D eigenvalue weighted by atomic mass is 9.75. The molecular formula is C10H11BO4. The van der Waals surface area contributed by atoms with Crippen LogP contribution in [0.15, 0.2) is 18.2 Å². The van der Waals surface area contributed by atoms with Crippen LogP contribution in [0.25, 0.3) is 0 Å². The van der Waals surface area contributed by atoms with E-state index in [2.05, 4.69) is 0 Å². The first-order valence-electron chi connectivity index (χ1n) is 4.45. The van der Waals surface area contributed by atoms with Crippen LogP contribution in [0.5, 0.6) is 0 Å². The van der Waals surface area contributed by atoms with Gasteiger partial charge in [-0.1, -0.05) is 12.1 Å². The molecule has 1 aromatic carbocycles. The molecule has 15 heavy (non-hydrogen) atoms. The van der Waals surface area contributed by atoms with Gasteiger partial charge in [-0.25, -0.2) is 0 Å². The van der Waals surface area contributed by atoms with Crippen molar-refractivity contribution in [2.75, 3.05) is 0 Å². The molecule has 0 saturated carbocycles. The van der Waals surface area contributed by atoms with Crippen molar-refractivity contribution >= 4 is 24.1 Å². The van der Waals surface area contributed by atoms with Gasteiger partial charge in [0.1, 0.15) is 0 Å². The van der Waals surface area contributed by atoms with Gasteiger partial charge in [0.15, 0.2) is 11.6 Å². The minimum Gasteiger partial charge on any atom is -0.423 e. The van der Waals surface area contributed by atoms with Gasteiger partial charge >= 0.3 is 7.12 Å². The first-order chi connectivity index (χ1) is 6.93.